The Morgan fingerprint density at radius 3 is 2.48 bits per heavy atom. The zero-order valence-corrected chi connectivity index (χ0v) is 29.2. The van der Waals surface area contributed by atoms with Crippen molar-refractivity contribution in [3.05, 3.63) is 124 Å². The second-order valence-corrected chi connectivity index (χ2v) is 13.0. The fraction of sp³-hybridized carbons (Fsp3) is 0.324. The Kier molecular flexibility index (Phi) is 12.2. The summed E-state index contributed by atoms with van der Waals surface area (Å²) in [5.41, 5.74) is 1.83. The molecule has 0 spiro atoms. The molecule has 0 aliphatic rings. The average molecular weight is 700 g/mol. The molecule has 2 heterocycles. The summed E-state index contributed by atoms with van der Waals surface area (Å²) in [7, 11) is 4.09. The quantitative estimate of drug-likeness (QED) is 0.0846. The van der Waals surface area contributed by atoms with Gasteiger partial charge in [0.2, 0.25) is 0 Å². The summed E-state index contributed by atoms with van der Waals surface area (Å²) >= 11 is 1.34. The van der Waals surface area contributed by atoms with E-state index in [-0.39, 0.29) is 12.1 Å². The van der Waals surface area contributed by atoms with Crippen molar-refractivity contribution in [2.75, 3.05) is 40.5 Å². The van der Waals surface area contributed by atoms with Crippen molar-refractivity contribution >= 4 is 17.3 Å². The summed E-state index contributed by atoms with van der Waals surface area (Å²) in [6.07, 6.45) is 2.80. The first-order valence-corrected chi connectivity index (χ1v) is 17.0. The molecule has 10 nitrogen and oxygen atoms in total. The van der Waals surface area contributed by atoms with Crippen molar-refractivity contribution < 1.29 is 23.0 Å². The lowest BCUT2D eigenvalue weighted by atomic mass is 9.81. The van der Waals surface area contributed by atoms with E-state index in [1.54, 1.807) is 36.4 Å². The van der Waals surface area contributed by atoms with Gasteiger partial charge in [-0.1, -0.05) is 44.2 Å². The van der Waals surface area contributed by atoms with Gasteiger partial charge < -0.3 is 14.4 Å². The molecule has 0 aliphatic carbocycles. The first kappa shape index (κ1) is 36.4. The van der Waals surface area contributed by atoms with Crippen molar-refractivity contribution in [1.82, 2.24) is 29.5 Å². The van der Waals surface area contributed by atoms with Crippen LogP contribution in [0.5, 0.6) is 0 Å². The maximum absolute atomic E-state index is 15.8. The number of carbonyl (C=O) groups excluding carboxylic acids is 1. The molecule has 13 heteroatoms. The van der Waals surface area contributed by atoms with E-state index in [1.807, 2.05) is 38.5 Å². The zero-order chi connectivity index (χ0) is 35.7. The van der Waals surface area contributed by atoms with E-state index < -0.39 is 35.9 Å². The van der Waals surface area contributed by atoms with Crippen LogP contribution in [0.3, 0.4) is 0 Å². The van der Waals surface area contributed by atoms with Crippen molar-refractivity contribution in [1.29, 1.82) is 5.26 Å². The van der Waals surface area contributed by atoms with E-state index in [2.05, 4.69) is 32.9 Å². The molecule has 0 N–H and O–H groups in total. The number of ether oxygens (including phenoxy) is 2. The van der Waals surface area contributed by atoms with Crippen molar-refractivity contribution in [2.24, 2.45) is 0 Å². The molecule has 260 valence electrons. The molecule has 5 aromatic rings. The summed E-state index contributed by atoms with van der Waals surface area (Å²) in [4.78, 5) is 26.6. The molecule has 0 radical (unpaired) electrons. The number of benzene rings is 3. The fourth-order valence-electron chi connectivity index (χ4n) is 5.59. The molecular weight excluding hydrogens is 661 g/mol. The molecule has 0 aliphatic heterocycles. The Morgan fingerprint density at radius 2 is 1.84 bits per heavy atom. The average Bonchev–Trinajstić information content (AvgIpc) is 3.82. The van der Waals surface area contributed by atoms with E-state index in [0.717, 1.165) is 49.4 Å². The standard InChI is InChI=1S/C37H39F2N7O3S/c1-5-45(17-16-44(3)4)20-28-8-12-30(13-9-28)36(47)48-25-49-37(22-46-24-41-23-42-46,32-15-14-31(38)18-33(32)39)26(2)35-43-34(21-50-35)29-10-6-27(19-40)7-11-29/h6-15,18,21,23-24,26H,5,16-17,20,22,25H2,1-4H3. The predicted octanol–water partition coefficient (Wildman–Crippen LogP) is 6.47. The summed E-state index contributed by atoms with van der Waals surface area (Å²) < 4.78 is 43.5. The molecule has 2 unspecified atom stereocenters. The molecule has 0 amide bonds. The number of thiazole rings is 1. The van der Waals surface area contributed by atoms with E-state index in [9.17, 15) is 14.4 Å². The zero-order valence-electron chi connectivity index (χ0n) is 28.4. The maximum atomic E-state index is 15.8. The third-order valence-corrected chi connectivity index (χ3v) is 9.59. The SMILES string of the molecule is CCN(CCN(C)C)Cc1ccc(C(=O)OCOC(Cn2cncn2)(c2ccc(F)cc2F)C(C)c2nc(-c3ccc(C#N)cc3)cs2)cc1. The third kappa shape index (κ3) is 8.83. The van der Waals surface area contributed by atoms with Gasteiger partial charge in [0, 0.05) is 48.1 Å². The lowest BCUT2D eigenvalue weighted by Crippen LogP contribution is -2.42. The van der Waals surface area contributed by atoms with Gasteiger partial charge in [-0.15, -0.1) is 11.3 Å². The number of likely N-dealkylation sites (N-methyl/N-ethyl adjacent to an activating group) is 2. The molecule has 0 saturated carbocycles. The van der Waals surface area contributed by atoms with Crippen molar-refractivity contribution in [3.63, 3.8) is 0 Å². The van der Waals surface area contributed by atoms with Gasteiger partial charge >= 0.3 is 5.97 Å². The Morgan fingerprint density at radius 1 is 1.08 bits per heavy atom. The van der Waals surface area contributed by atoms with Crippen LogP contribution in [0.1, 0.15) is 51.8 Å². The Bertz CT molecular complexity index is 1890. The van der Waals surface area contributed by atoms with Gasteiger partial charge in [-0.25, -0.2) is 28.2 Å². The third-order valence-electron chi connectivity index (χ3n) is 8.57. The minimum Gasteiger partial charge on any atom is -0.435 e. The number of halogens is 2. The van der Waals surface area contributed by atoms with Crippen LogP contribution in [0.4, 0.5) is 8.78 Å². The minimum absolute atomic E-state index is 0.0344. The second kappa shape index (κ2) is 16.7. The van der Waals surface area contributed by atoms with E-state index >= 15 is 4.39 Å². The first-order valence-electron chi connectivity index (χ1n) is 16.1. The van der Waals surface area contributed by atoms with Crippen LogP contribution >= 0.6 is 11.3 Å². The van der Waals surface area contributed by atoms with E-state index in [1.165, 1.54) is 34.7 Å². The monoisotopic (exact) mass is 699 g/mol. The van der Waals surface area contributed by atoms with E-state index in [0.29, 0.717) is 21.8 Å². The summed E-state index contributed by atoms with van der Waals surface area (Å²) in [5.74, 6) is -2.86. The molecule has 2 atom stereocenters. The molecule has 0 saturated heterocycles. The fourth-order valence-corrected chi connectivity index (χ4v) is 6.56. The van der Waals surface area contributed by atoms with Crippen LogP contribution in [-0.4, -0.2) is 76.0 Å². The van der Waals surface area contributed by atoms with E-state index in [4.69, 9.17) is 14.5 Å². The maximum Gasteiger partial charge on any atom is 0.340 e. The Balaban J connectivity index is 1.40. The summed E-state index contributed by atoms with van der Waals surface area (Å²) in [6.45, 7) is 6.85. The first-order chi connectivity index (χ1) is 24.1. The predicted molar refractivity (Wildman–Crippen MR) is 186 cm³/mol. The lowest BCUT2D eigenvalue weighted by molar-refractivity contribution is -0.148. The normalized spacial score (nSPS) is 13.3. The van der Waals surface area contributed by atoms with Crippen LogP contribution in [0.15, 0.2) is 84.8 Å². The molecule has 50 heavy (non-hydrogen) atoms. The van der Waals surface area contributed by atoms with Crippen LogP contribution in [0, 0.1) is 23.0 Å². The summed E-state index contributed by atoms with van der Waals surface area (Å²) in [6, 6.07) is 19.6. The van der Waals surface area contributed by atoms with Crippen molar-refractivity contribution in [3.8, 4) is 17.3 Å². The van der Waals surface area contributed by atoms with Gasteiger partial charge in [-0.2, -0.15) is 10.4 Å². The highest BCUT2D eigenvalue weighted by molar-refractivity contribution is 7.10. The molecular formula is C37H39F2N7O3S. The van der Waals surface area contributed by atoms with Gasteiger partial charge in [0.05, 0.1) is 34.4 Å². The van der Waals surface area contributed by atoms with Gasteiger partial charge in [-0.05, 0) is 56.5 Å². The van der Waals surface area contributed by atoms with Crippen LogP contribution < -0.4 is 0 Å². The van der Waals surface area contributed by atoms with Gasteiger partial charge in [0.15, 0.2) is 6.79 Å². The largest absolute Gasteiger partial charge is 0.435 e. The van der Waals surface area contributed by atoms with Crippen molar-refractivity contribution in [2.45, 2.75) is 38.5 Å². The van der Waals surface area contributed by atoms with Crippen LogP contribution in [0.2, 0.25) is 0 Å². The van der Waals surface area contributed by atoms with Crippen LogP contribution in [0.25, 0.3) is 11.3 Å². The number of hydrogen-bond acceptors (Lipinski definition) is 10. The number of nitriles is 1. The number of nitrogens with zero attached hydrogens (tertiary/aromatic N) is 7. The van der Waals surface area contributed by atoms with Gasteiger partial charge in [0.25, 0.3) is 0 Å². The lowest BCUT2D eigenvalue weighted by Gasteiger charge is -2.38. The smallest absolute Gasteiger partial charge is 0.340 e. The Labute approximate surface area is 294 Å². The molecule has 0 bridgehead atoms. The van der Waals surface area contributed by atoms with Gasteiger partial charge in [0.1, 0.15) is 29.9 Å². The number of carbonyl (C=O) groups is 1. The number of rotatable bonds is 16. The molecule has 5 rings (SSSR count). The second-order valence-electron chi connectivity index (χ2n) is 12.2. The highest BCUT2D eigenvalue weighted by Crippen LogP contribution is 2.44. The van der Waals surface area contributed by atoms with Crippen LogP contribution in [-0.2, 0) is 28.2 Å². The van der Waals surface area contributed by atoms with Gasteiger partial charge in [-0.3, -0.25) is 4.90 Å². The minimum atomic E-state index is -1.58. The molecule has 2 aromatic heterocycles. The highest BCUT2D eigenvalue weighted by atomic mass is 32.1. The number of hydrogen-bond donors (Lipinski definition) is 0. The summed E-state index contributed by atoms with van der Waals surface area (Å²) in [5, 5.41) is 15.9. The topological polar surface area (TPSA) is 109 Å². The number of esters is 1. The molecule has 3 aromatic carbocycles. The number of aromatic nitrogens is 4. The highest BCUT2D eigenvalue weighted by Gasteiger charge is 2.45. The molecule has 0 fully saturated rings. The Hall–Kier alpha value is -4.87.